The van der Waals surface area contributed by atoms with Crippen molar-refractivity contribution in [1.82, 2.24) is 4.98 Å². The highest BCUT2D eigenvalue weighted by atomic mass is 35.5. The maximum Gasteiger partial charge on any atom is 0.200 e. The molecule has 3 aromatic rings. The fourth-order valence-corrected chi connectivity index (χ4v) is 2.15. The van der Waals surface area contributed by atoms with E-state index in [1.54, 1.807) is 30.3 Å². The maximum atomic E-state index is 13.7. The topological polar surface area (TPSA) is 52.0 Å². The Balaban J connectivity index is 2.01. The predicted octanol–water partition coefficient (Wildman–Crippen LogP) is 3.79. The number of hydrogen-bond acceptors (Lipinski definition) is 3. The average Bonchev–Trinajstić information content (AvgIpc) is 2.75. The molecule has 0 aliphatic heterocycles. The first-order valence-corrected chi connectivity index (χ1v) is 6.09. The van der Waals surface area contributed by atoms with Crippen LogP contribution in [0.2, 0.25) is 5.02 Å². The number of nitrogen functional groups attached to an aromatic ring is 1. The van der Waals surface area contributed by atoms with Gasteiger partial charge in [0, 0.05) is 16.3 Å². The molecular weight excluding hydrogens is 267 g/mol. The van der Waals surface area contributed by atoms with Gasteiger partial charge in [0.05, 0.1) is 6.42 Å². The van der Waals surface area contributed by atoms with Crippen molar-refractivity contribution < 1.29 is 8.81 Å². The number of hydrogen-bond donors (Lipinski definition) is 1. The van der Waals surface area contributed by atoms with Crippen LogP contribution in [0.25, 0.3) is 11.1 Å². The molecule has 0 bridgehead atoms. The van der Waals surface area contributed by atoms with Gasteiger partial charge in [-0.2, -0.15) is 0 Å². The lowest BCUT2D eigenvalue weighted by atomic mass is 10.1. The van der Waals surface area contributed by atoms with Crippen LogP contribution in [0.4, 0.5) is 10.1 Å². The van der Waals surface area contributed by atoms with Gasteiger partial charge in [-0.3, -0.25) is 0 Å². The fraction of sp³-hybridized carbons (Fsp3) is 0.0714. The van der Waals surface area contributed by atoms with Crippen molar-refractivity contribution >= 4 is 28.4 Å². The van der Waals surface area contributed by atoms with Gasteiger partial charge >= 0.3 is 0 Å². The van der Waals surface area contributed by atoms with Crippen LogP contribution in [0.3, 0.4) is 0 Å². The highest BCUT2D eigenvalue weighted by Crippen LogP contribution is 2.24. The van der Waals surface area contributed by atoms with Crippen LogP contribution in [0.1, 0.15) is 11.5 Å². The molecule has 0 saturated heterocycles. The van der Waals surface area contributed by atoms with Gasteiger partial charge in [0.1, 0.15) is 11.3 Å². The molecule has 0 atom stereocenters. The second kappa shape index (κ2) is 4.55. The highest BCUT2D eigenvalue weighted by Gasteiger charge is 2.12. The van der Waals surface area contributed by atoms with Gasteiger partial charge < -0.3 is 10.2 Å². The summed E-state index contributed by atoms with van der Waals surface area (Å²) in [7, 11) is 0. The zero-order valence-electron chi connectivity index (χ0n) is 9.86. The third kappa shape index (κ3) is 2.27. The third-order valence-electron chi connectivity index (χ3n) is 2.85. The molecule has 0 fully saturated rings. The molecule has 1 aromatic heterocycles. The van der Waals surface area contributed by atoms with E-state index in [1.807, 2.05) is 0 Å². The van der Waals surface area contributed by atoms with Crippen LogP contribution in [0, 0.1) is 5.82 Å². The predicted molar refractivity (Wildman–Crippen MR) is 72.6 cm³/mol. The highest BCUT2D eigenvalue weighted by molar-refractivity contribution is 6.31. The molecule has 0 amide bonds. The van der Waals surface area contributed by atoms with Gasteiger partial charge in [-0.1, -0.05) is 17.7 Å². The Labute approximate surface area is 113 Å². The number of nitrogens with two attached hydrogens (primary N) is 1. The van der Waals surface area contributed by atoms with Crippen molar-refractivity contribution in [1.29, 1.82) is 0 Å². The maximum absolute atomic E-state index is 13.7. The van der Waals surface area contributed by atoms with E-state index in [4.69, 9.17) is 21.8 Å². The minimum atomic E-state index is -0.366. The Bertz CT molecular complexity index is 734. The van der Waals surface area contributed by atoms with Crippen molar-refractivity contribution in [3.63, 3.8) is 0 Å². The Morgan fingerprint density at radius 3 is 2.89 bits per heavy atom. The molecule has 0 saturated carbocycles. The molecule has 19 heavy (non-hydrogen) atoms. The SMILES string of the molecule is Nc1ccc2oc(Cc3c(F)cccc3Cl)nc2c1. The molecule has 5 heteroatoms. The Morgan fingerprint density at radius 1 is 1.26 bits per heavy atom. The molecular formula is C14H10ClFN2O. The zero-order valence-corrected chi connectivity index (χ0v) is 10.6. The van der Waals surface area contributed by atoms with Crippen molar-refractivity contribution in [3.8, 4) is 0 Å². The molecule has 96 valence electrons. The smallest absolute Gasteiger partial charge is 0.200 e. The Kier molecular flexibility index (Phi) is 2.87. The summed E-state index contributed by atoms with van der Waals surface area (Å²) in [6.07, 6.45) is 0.208. The molecule has 0 radical (unpaired) electrons. The number of aromatic nitrogens is 1. The van der Waals surface area contributed by atoms with Crippen LogP contribution in [0.5, 0.6) is 0 Å². The summed E-state index contributed by atoms with van der Waals surface area (Å²) in [5, 5.41) is 0.363. The largest absolute Gasteiger partial charge is 0.440 e. The molecule has 0 aliphatic rings. The van der Waals surface area contributed by atoms with Gasteiger partial charge in [0.15, 0.2) is 11.5 Å². The summed E-state index contributed by atoms with van der Waals surface area (Å²) in [5.74, 6) is 0.0434. The number of rotatable bonds is 2. The van der Waals surface area contributed by atoms with Gasteiger partial charge in [0.2, 0.25) is 0 Å². The van der Waals surface area contributed by atoms with E-state index < -0.39 is 0 Å². The van der Waals surface area contributed by atoms with Gasteiger partial charge in [0.25, 0.3) is 0 Å². The Morgan fingerprint density at radius 2 is 2.11 bits per heavy atom. The van der Waals surface area contributed by atoms with Crippen LogP contribution >= 0.6 is 11.6 Å². The summed E-state index contributed by atoms with van der Waals surface area (Å²) in [5.41, 5.74) is 7.93. The van der Waals surface area contributed by atoms with Crippen molar-refractivity contribution in [2.45, 2.75) is 6.42 Å². The number of halogens is 2. The van der Waals surface area contributed by atoms with Gasteiger partial charge in [-0.15, -0.1) is 0 Å². The lowest BCUT2D eigenvalue weighted by Gasteiger charge is -2.02. The number of fused-ring (bicyclic) bond motifs is 1. The average molecular weight is 277 g/mol. The summed E-state index contributed by atoms with van der Waals surface area (Å²) < 4.78 is 19.2. The molecule has 0 unspecified atom stereocenters. The quantitative estimate of drug-likeness (QED) is 0.725. The monoisotopic (exact) mass is 276 g/mol. The third-order valence-corrected chi connectivity index (χ3v) is 3.20. The van der Waals surface area contributed by atoms with E-state index in [9.17, 15) is 4.39 Å². The summed E-state index contributed by atoms with van der Waals surface area (Å²) in [6.45, 7) is 0. The normalized spacial score (nSPS) is 11.1. The van der Waals surface area contributed by atoms with Crippen LogP contribution in [-0.4, -0.2) is 4.98 Å². The molecule has 2 aromatic carbocycles. The minimum absolute atomic E-state index is 0.208. The van der Waals surface area contributed by atoms with Crippen molar-refractivity contribution in [2.24, 2.45) is 0 Å². The van der Waals surface area contributed by atoms with Crippen LogP contribution < -0.4 is 5.73 Å². The molecule has 1 heterocycles. The second-order valence-corrected chi connectivity index (χ2v) is 4.62. The standard InChI is InChI=1S/C14H10ClFN2O/c15-10-2-1-3-11(16)9(10)7-14-18-12-6-8(17)4-5-13(12)19-14/h1-6H,7,17H2. The number of nitrogens with zero attached hydrogens (tertiary/aromatic N) is 1. The molecule has 2 N–H and O–H groups in total. The summed E-state index contributed by atoms with van der Waals surface area (Å²) >= 11 is 5.97. The first-order valence-electron chi connectivity index (χ1n) is 5.71. The van der Waals surface area contributed by atoms with E-state index in [0.717, 1.165) is 0 Å². The number of benzene rings is 2. The summed E-state index contributed by atoms with van der Waals surface area (Å²) in [6, 6.07) is 9.75. The lowest BCUT2D eigenvalue weighted by Crippen LogP contribution is -1.93. The van der Waals surface area contributed by atoms with E-state index >= 15 is 0 Å². The van der Waals surface area contributed by atoms with E-state index in [-0.39, 0.29) is 12.2 Å². The fourth-order valence-electron chi connectivity index (χ4n) is 1.92. The van der Waals surface area contributed by atoms with Crippen molar-refractivity contribution in [3.05, 3.63) is 58.7 Å². The van der Waals surface area contributed by atoms with Gasteiger partial charge in [-0.25, -0.2) is 9.37 Å². The van der Waals surface area contributed by atoms with Crippen molar-refractivity contribution in [2.75, 3.05) is 5.73 Å². The second-order valence-electron chi connectivity index (χ2n) is 4.21. The minimum Gasteiger partial charge on any atom is -0.440 e. The molecule has 3 nitrogen and oxygen atoms in total. The van der Waals surface area contributed by atoms with E-state index in [0.29, 0.717) is 33.3 Å². The Hall–Kier alpha value is -2.07. The number of anilines is 1. The molecule has 0 aliphatic carbocycles. The first kappa shape index (κ1) is 12.0. The van der Waals surface area contributed by atoms with E-state index in [1.165, 1.54) is 6.07 Å². The molecule has 3 rings (SSSR count). The van der Waals surface area contributed by atoms with Crippen LogP contribution in [0.15, 0.2) is 40.8 Å². The van der Waals surface area contributed by atoms with Gasteiger partial charge in [-0.05, 0) is 30.3 Å². The molecule has 0 spiro atoms. The zero-order chi connectivity index (χ0) is 13.4. The van der Waals surface area contributed by atoms with E-state index in [2.05, 4.69) is 4.98 Å². The lowest BCUT2D eigenvalue weighted by molar-refractivity contribution is 0.534. The summed E-state index contributed by atoms with van der Waals surface area (Å²) in [4.78, 5) is 4.28. The first-order chi connectivity index (χ1) is 9.13. The number of oxazole rings is 1. The van der Waals surface area contributed by atoms with Crippen LogP contribution in [-0.2, 0) is 6.42 Å².